The average Bonchev–Trinajstić information content (AvgIpc) is 2.98. The highest BCUT2D eigenvalue weighted by Gasteiger charge is 2.23. The normalized spacial score (nSPS) is 11.9. The summed E-state index contributed by atoms with van der Waals surface area (Å²) >= 11 is 1.49. The van der Waals surface area contributed by atoms with Crippen LogP contribution in [-0.4, -0.2) is 13.4 Å². The topological polar surface area (TPSA) is 59.1 Å². The molecule has 0 aliphatic carbocycles. The number of fused-ring (bicyclic) bond motifs is 1. The van der Waals surface area contributed by atoms with E-state index >= 15 is 0 Å². The minimum Gasteiger partial charge on any atom is -0.280 e. The number of hydrogen-bond acceptors (Lipinski definition) is 4. The van der Waals surface area contributed by atoms with Crippen LogP contribution in [-0.2, 0) is 10.0 Å². The number of rotatable bonds is 3. The molecule has 0 radical (unpaired) electrons. The van der Waals surface area contributed by atoms with Crippen LogP contribution in [0.1, 0.15) is 27.8 Å². The Labute approximate surface area is 146 Å². The van der Waals surface area contributed by atoms with Crippen molar-refractivity contribution < 1.29 is 8.42 Å². The zero-order valence-corrected chi connectivity index (χ0v) is 16.0. The monoisotopic (exact) mass is 360 g/mol. The van der Waals surface area contributed by atoms with Gasteiger partial charge in [-0.15, -0.1) is 11.3 Å². The Hall–Kier alpha value is -1.92. The van der Waals surface area contributed by atoms with Gasteiger partial charge in [-0.1, -0.05) is 0 Å². The molecule has 4 nitrogen and oxygen atoms in total. The number of aromatic nitrogens is 1. The van der Waals surface area contributed by atoms with E-state index in [-0.39, 0.29) is 0 Å². The van der Waals surface area contributed by atoms with Gasteiger partial charge in [0.25, 0.3) is 10.0 Å². The number of hydrogen-bond donors (Lipinski definition) is 1. The van der Waals surface area contributed by atoms with Gasteiger partial charge in [0.2, 0.25) is 0 Å². The van der Waals surface area contributed by atoms with E-state index in [4.69, 9.17) is 0 Å². The third-order valence-electron chi connectivity index (χ3n) is 4.78. The molecule has 0 amide bonds. The quantitative estimate of drug-likeness (QED) is 0.740. The Morgan fingerprint density at radius 3 is 2.12 bits per heavy atom. The van der Waals surface area contributed by atoms with Gasteiger partial charge in [0, 0.05) is 0 Å². The van der Waals surface area contributed by atoms with Crippen molar-refractivity contribution in [3.63, 3.8) is 0 Å². The molecule has 0 unspecified atom stereocenters. The molecule has 0 saturated carbocycles. The van der Waals surface area contributed by atoms with Gasteiger partial charge in [-0.3, -0.25) is 4.72 Å². The van der Waals surface area contributed by atoms with E-state index in [1.54, 1.807) is 11.6 Å². The van der Waals surface area contributed by atoms with Gasteiger partial charge in [-0.05, 0) is 80.6 Å². The predicted octanol–water partition coefficient (Wildman–Crippen LogP) is 4.64. The van der Waals surface area contributed by atoms with Crippen molar-refractivity contribution in [3.05, 3.63) is 51.5 Å². The van der Waals surface area contributed by atoms with Gasteiger partial charge in [0.05, 0.1) is 26.3 Å². The van der Waals surface area contributed by atoms with Gasteiger partial charge in [-0.2, -0.15) is 0 Å². The molecule has 0 aliphatic heterocycles. The molecule has 0 bridgehead atoms. The summed E-state index contributed by atoms with van der Waals surface area (Å²) in [5, 5.41) is 0. The Morgan fingerprint density at radius 1 is 0.917 bits per heavy atom. The summed E-state index contributed by atoms with van der Waals surface area (Å²) in [6, 6.07) is 5.40. The molecular weight excluding hydrogens is 340 g/mol. The van der Waals surface area contributed by atoms with Gasteiger partial charge in [0.1, 0.15) is 0 Å². The van der Waals surface area contributed by atoms with Crippen molar-refractivity contribution in [2.75, 3.05) is 4.72 Å². The smallest absolute Gasteiger partial charge is 0.262 e. The molecule has 0 fully saturated rings. The highest BCUT2D eigenvalue weighted by Crippen LogP contribution is 2.31. The van der Waals surface area contributed by atoms with E-state index in [0.717, 1.165) is 38.0 Å². The maximum absolute atomic E-state index is 13.0. The number of thiazole rings is 1. The Balaban J connectivity index is 2.11. The summed E-state index contributed by atoms with van der Waals surface area (Å²) in [6.45, 7) is 9.72. The average molecular weight is 361 g/mol. The second-order valence-corrected chi connectivity index (χ2v) is 8.60. The van der Waals surface area contributed by atoms with Crippen molar-refractivity contribution >= 4 is 37.3 Å². The molecule has 126 valence electrons. The van der Waals surface area contributed by atoms with Crippen LogP contribution in [0.4, 0.5) is 5.69 Å². The first-order chi connectivity index (χ1) is 11.2. The lowest BCUT2D eigenvalue weighted by atomic mass is 9.95. The van der Waals surface area contributed by atoms with Crippen molar-refractivity contribution in [2.24, 2.45) is 0 Å². The summed E-state index contributed by atoms with van der Waals surface area (Å²) in [6.07, 6.45) is 0. The summed E-state index contributed by atoms with van der Waals surface area (Å²) in [5.41, 5.74) is 8.00. The number of nitrogens with one attached hydrogen (secondary N) is 1. The number of anilines is 1. The van der Waals surface area contributed by atoms with Crippen LogP contribution in [0.15, 0.2) is 28.6 Å². The first-order valence-corrected chi connectivity index (χ1v) is 10.0. The molecule has 3 rings (SSSR count). The van der Waals surface area contributed by atoms with E-state index in [2.05, 4.69) is 9.71 Å². The van der Waals surface area contributed by atoms with Crippen LogP contribution >= 0.6 is 11.3 Å². The number of nitrogens with zero attached hydrogens (tertiary/aromatic N) is 1. The molecule has 24 heavy (non-hydrogen) atoms. The SMILES string of the molecule is Cc1c(C)c(C)c(S(=O)(=O)Nc2ccc3ncsc3c2)c(C)c1C. The standard InChI is InChI=1S/C18H20N2O2S2/c1-10-11(2)13(4)18(14(5)12(10)3)24(21,22)20-15-6-7-16-17(8-15)23-9-19-16/h6-9,20H,1-5H3. The summed E-state index contributed by atoms with van der Waals surface area (Å²) in [7, 11) is -3.65. The first kappa shape index (κ1) is 16.9. The number of benzene rings is 2. The third-order valence-corrected chi connectivity index (χ3v) is 7.23. The van der Waals surface area contributed by atoms with Crippen molar-refractivity contribution in [3.8, 4) is 0 Å². The lowest BCUT2D eigenvalue weighted by Gasteiger charge is -2.19. The van der Waals surface area contributed by atoms with Crippen LogP contribution in [0, 0.1) is 34.6 Å². The van der Waals surface area contributed by atoms with E-state index in [9.17, 15) is 8.42 Å². The highest BCUT2D eigenvalue weighted by atomic mass is 32.2. The first-order valence-electron chi connectivity index (χ1n) is 7.65. The zero-order chi connectivity index (χ0) is 17.6. The van der Waals surface area contributed by atoms with Crippen LogP contribution in [0.25, 0.3) is 10.2 Å². The van der Waals surface area contributed by atoms with Gasteiger partial charge >= 0.3 is 0 Å². The molecule has 1 aromatic heterocycles. The zero-order valence-electron chi connectivity index (χ0n) is 14.4. The fourth-order valence-electron chi connectivity index (χ4n) is 2.99. The van der Waals surface area contributed by atoms with Crippen LogP contribution in [0.3, 0.4) is 0 Å². The number of sulfonamides is 1. The van der Waals surface area contributed by atoms with Gasteiger partial charge in [-0.25, -0.2) is 13.4 Å². The Kier molecular flexibility index (Phi) is 4.13. The second-order valence-electron chi connectivity index (χ2n) is 6.09. The fourth-order valence-corrected chi connectivity index (χ4v) is 5.36. The predicted molar refractivity (Wildman–Crippen MR) is 101 cm³/mol. The maximum atomic E-state index is 13.0. The van der Waals surface area contributed by atoms with Gasteiger partial charge in [0.15, 0.2) is 0 Å². The third kappa shape index (κ3) is 2.70. The van der Waals surface area contributed by atoms with E-state index in [1.807, 2.05) is 46.8 Å². The van der Waals surface area contributed by atoms with Crippen molar-refractivity contribution in [1.82, 2.24) is 4.98 Å². The molecule has 0 atom stereocenters. The molecule has 6 heteroatoms. The Morgan fingerprint density at radius 2 is 1.50 bits per heavy atom. The second kappa shape index (κ2) is 5.86. The molecule has 0 saturated heterocycles. The molecular formula is C18H20N2O2S2. The summed E-state index contributed by atoms with van der Waals surface area (Å²) in [5.74, 6) is 0. The maximum Gasteiger partial charge on any atom is 0.262 e. The lowest BCUT2D eigenvalue weighted by molar-refractivity contribution is 0.599. The van der Waals surface area contributed by atoms with Crippen LogP contribution in [0.2, 0.25) is 0 Å². The van der Waals surface area contributed by atoms with Crippen molar-refractivity contribution in [2.45, 2.75) is 39.5 Å². The Bertz CT molecular complexity index is 1020. The molecule has 2 aromatic carbocycles. The molecule has 1 N–H and O–H groups in total. The summed E-state index contributed by atoms with van der Waals surface area (Å²) < 4.78 is 29.7. The van der Waals surface area contributed by atoms with Crippen LogP contribution in [0.5, 0.6) is 0 Å². The molecule has 0 spiro atoms. The lowest BCUT2D eigenvalue weighted by Crippen LogP contribution is -2.17. The molecule has 0 aliphatic rings. The van der Waals surface area contributed by atoms with Gasteiger partial charge < -0.3 is 0 Å². The van der Waals surface area contributed by atoms with Crippen molar-refractivity contribution in [1.29, 1.82) is 0 Å². The minimum atomic E-state index is -3.65. The fraction of sp³-hybridized carbons (Fsp3) is 0.278. The summed E-state index contributed by atoms with van der Waals surface area (Å²) in [4.78, 5) is 4.60. The molecule has 3 aromatic rings. The van der Waals surface area contributed by atoms with E-state index < -0.39 is 10.0 Å². The molecule has 1 heterocycles. The largest absolute Gasteiger partial charge is 0.280 e. The van der Waals surface area contributed by atoms with Crippen LogP contribution < -0.4 is 4.72 Å². The van der Waals surface area contributed by atoms with E-state index in [0.29, 0.717) is 10.6 Å². The van der Waals surface area contributed by atoms with E-state index in [1.165, 1.54) is 11.3 Å². The minimum absolute atomic E-state index is 0.382. The highest BCUT2D eigenvalue weighted by molar-refractivity contribution is 7.92.